The second-order valence-corrected chi connectivity index (χ2v) is 8.36. The minimum Gasteiger partial charge on any atom is -0.462 e. The van der Waals surface area contributed by atoms with Crippen LogP contribution >= 0.6 is 0 Å². The molecule has 3 heterocycles. The van der Waals surface area contributed by atoms with E-state index in [1.54, 1.807) is 6.92 Å². The van der Waals surface area contributed by atoms with Gasteiger partial charge in [-0.3, -0.25) is 5.32 Å². The van der Waals surface area contributed by atoms with E-state index in [1.807, 2.05) is 48.5 Å². The van der Waals surface area contributed by atoms with Gasteiger partial charge in [0.15, 0.2) is 5.54 Å². The highest BCUT2D eigenvalue weighted by Gasteiger charge is 2.47. The van der Waals surface area contributed by atoms with Crippen LogP contribution in [-0.2, 0) is 26.2 Å². The van der Waals surface area contributed by atoms with Crippen molar-refractivity contribution in [1.29, 1.82) is 0 Å². The fourth-order valence-electron chi connectivity index (χ4n) is 4.24. The smallest absolute Gasteiger partial charge is 0.335 e. The summed E-state index contributed by atoms with van der Waals surface area (Å²) in [6, 6.07) is 20.0. The zero-order valence-electron chi connectivity index (χ0n) is 18.1. The van der Waals surface area contributed by atoms with Gasteiger partial charge in [0.1, 0.15) is 12.3 Å². The summed E-state index contributed by atoms with van der Waals surface area (Å²) in [7, 11) is 0. The van der Waals surface area contributed by atoms with Crippen LogP contribution in [0.3, 0.4) is 0 Å². The van der Waals surface area contributed by atoms with Crippen molar-refractivity contribution in [1.82, 2.24) is 10.3 Å². The Labute approximate surface area is 187 Å². The molecule has 2 aromatic carbocycles. The van der Waals surface area contributed by atoms with Gasteiger partial charge >= 0.3 is 5.97 Å². The van der Waals surface area contributed by atoms with E-state index in [0.717, 1.165) is 29.9 Å². The van der Waals surface area contributed by atoms with Crippen molar-refractivity contribution in [3.05, 3.63) is 83.4 Å². The number of rotatable bonds is 5. The van der Waals surface area contributed by atoms with Crippen molar-refractivity contribution in [2.75, 3.05) is 37.8 Å². The molecule has 0 saturated carbocycles. The summed E-state index contributed by atoms with van der Waals surface area (Å²) < 4.78 is 17.4. The molecule has 3 aromatic rings. The van der Waals surface area contributed by atoms with E-state index in [9.17, 15) is 4.79 Å². The van der Waals surface area contributed by atoms with E-state index in [4.69, 9.17) is 18.9 Å². The van der Waals surface area contributed by atoms with Gasteiger partial charge in [-0.2, -0.15) is 0 Å². The number of aromatic nitrogens is 1. The van der Waals surface area contributed by atoms with E-state index < -0.39 is 5.54 Å². The predicted molar refractivity (Wildman–Crippen MR) is 119 cm³/mol. The normalized spacial score (nSPS) is 23.7. The molecule has 7 nitrogen and oxygen atoms in total. The summed E-state index contributed by atoms with van der Waals surface area (Å²) in [5.41, 5.74) is 1.81. The number of nitrogens with zero attached hydrogens (tertiary/aromatic N) is 2. The molecule has 0 aliphatic carbocycles. The predicted octanol–water partition coefficient (Wildman–Crippen LogP) is 3.20. The lowest BCUT2D eigenvalue weighted by Crippen LogP contribution is -2.54. The Bertz CT molecular complexity index is 1060. The molecule has 2 saturated heterocycles. The van der Waals surface area contributed by atoms with E-state index in [0.29, 0.717) is 31.4 Å². The number of hydrogen-bond donors (Lipinski definition) is 1. The first-order chi connectivity index (χ1) is 15.6. The summed E-state index contributed by atoms with van der Waals surface area (Å²) in [5.74, 6) is 0.645. The first-order valence-corrected chi connectivity index (χ1v) is 11.0. The first-order valence-electron chi connectivity index (χ1n) is 11.0. The number of hydrogen-bond acceptors (Lipinski definition) is 7. The molecule has 7 heteroatoms. The average Bonchev–Trinajstić information content (AvgIpc) is 3.27. The maximum atomic E-state index is 12.9. The quantitative estimate of drug-likeness (QED) is 0.619. The summed E-state index contributed by atoms with van der Waals surface area (Å²) in [4.78, 5) is 19.9. The van der Waals surface area contributed by atoms with Crippen LogP contribution in [0.2, 0.25) is 0 Å². The standard InChI is InChI=1S/C25H27N3O4/c1-25(24(29)31-17-21(27-25)19-10-6-3-7-11-19)23-26-20(16-18-8-4-2-5-9-18)22(32-23)28-12-14-30-15-13-28/h2-11,21,27H,12-17H2,1H3/t21-,25+/m1/s1. The zero-order chi connectivity index (χ0) is 22.0. The lowest BCUT2D eigenvalue weighted by atomic mass is 9.96. The molecule has 2 aliphatic rings. The average molecular weight is 434 g/mol. The molecular weight excluding hydrogens is 406 g/mol. The van der Waals surface area contributed by atoms with Crippen LogP contribution in [0.5, 0.6) is 0 Å². The van der Waals surface area contributed by atoms with Gasteiger partial charge in [0.25, 0.3) is 0 Å². The van der Waals surface area contributed by atoms with Crippen LogP contribution in [0.25, 0.3) is 0 Å². The first kappa shape index (κ1) is 20.7. The van der Waals surface area contributed by atoms with Gasteiger partial charge in [0.05, 0.1) is 19.3 Å². The molecule has 2 atom stereocenters. The molecule has 0 unspecified atom stereocenters. The Morgan fingerprint density at radius 3 is 2.47 bits per heavy atom. The number of esters is 1. The van der Waals surface area contributed by atoms with Crippen molar-refractivity contribution < 1.29 is 18.7 Å². The van der Waals surface area contributed by atoms with Crippen LogP contribution in [0.15, 0.2) is 65.1 Å². The van der Waals surface area contributed by atoms with E-state index in [-0.39, 0.29) is 18.6 Å². The van der Waals surface area contributed by atoms with Crippen LogP contribution in [0, 0.1) is 0 Å². The second kappa shape index (κ2) is 8.76. The van der Waals surface area contributed by atoms with Crippen molar-refractivity contribution in [2.24, 2.45) is 0 Å². The fraction of sp³-hybridized carbons (Fsp3) is 0.360. The van der Waals surface area contributed by atoms with Gasteiger partial charge in [-0.25, -0.2) is 9.78 Å². The van der Waals surface area contributed by atoms with Gasteiger partial charge in [0, 0.05) is 19.5 Å². The summed E-state index contributed by atoms with van der Waals surface area (Å²) in [5, 5.41) is 3.45. The third kappa shape index (κ3) is 4.01. The van der Waals surface area contributed by atoms with E-state index in [1.165, 1.54) is 0 Å². The highest BCUT2D eigenvalue weighted by atomic mass is 16.5. The maximum absolute atomic E-state index is 12.9. The van der Waals surface area contributed by atoms with Gasteiger partial charge in [-0.1, -0.05) is 60.7 Å². The van der Waals surface area contributed by atoms with Crippen LogP contribution in [0.4, 0.5) is 5.88 Å². The Morgan fingerprint density at radius 1 is 1.06 bits per heavy atom. The Morgan fingerprint density at radius 2 is 1.75 bits per heavy atom. The van der Waals surface area contributed by atoms with E-state index in [2.05, 4.69) is 22.3 Å². The third-order valence-corrected chi connectivity index (χ3v) is 6.07. The van der Waals surface area contributed by atoms with Gasteiger partial charge < -0.3 is 18.8 Å². The van der Waals surface area contributed by atoms with Crippen molar-refractivity contribution >= 4 is 11.9 Å². The van der Waals surface area contributed by atoms with Crippen LogP contribution in [0.1, 0.15) is 35.7 Å². The lowest BCUT2D eigenvalue weighted by Gasteiger charge is -2.35. The molecule has 0 spiro atoms. The molecule has 0 radical (unpaired) electrons. The Hall–Kier alpha value is -3.16. The van der Waals surface area contributed by atoms with E-state index >= 15 is 0 Å². The van der Waals surface area contributed by atoms with Crippen LogP contribution in [-0.4, -0.2) is 43.9 Å². The van der Waals surface area contributed by atoms with Crippen molar-refractivity contribution in [3.8, 4) is 0 Å². The summed E-state index contributed by atoms with van der Waals surface area (Å²) >= 11 is 0. The summed E-state index contributed by atoms with van der Waals surface area (Å²) in [6.45, 7) is 4.76. The van der Waals surface area contributed by atoms with Crippen molar-refractivity contribution in [3.63, 3.8) is 0 Å². The lowest BCUT2D eigenvalue weighted by molar-refractivity contribution is -0.160. The van der Waals surface area contributed by atoms with Crippen molar-refractivity contribution in [2.45, 2.75) is 24.9 Å². The highest BCUT2D eigenvalue weighted by molar-refractivity contribution is 5.82. The number of cyclic esters (lactones) is 1. The SMILES string of the molecule is C[C@@]1(c2nc(Cc3ccccc3)c(N3CCOCC3)o2)N[C@@H](c2ccccc2)COC1=O. The second-order valence-electron chi connectivity index (χ2n) is 8.36. The molecule has 0 bridgehead atoms. The minimum absolute atomic E-state index is 0.143. The molecule has 1 aromatic heterocycles. The number of ether oxygens (including phenoxy) is 2. The Kier molecular flexibility index (Phi) is 5.68. The molecule has 5 rings (SSSR count). The molecule has 32 heavy (non-hydrogen) atoms. The molecule has 2 aliphatic heterocycles. The number of benzene rings is 2. The number of nitrogens with one attached hydrogen (secondary N) is 1. The number of oxazole rings is 1. The zero-order valence-corrected chi connectivity index (χ0v) is 18.1. The monoisotopic (exact) mass is 433 g/mol. The topological polar surface area (TPSA) is 76.8 Å². The number of morpholine rings is 2. The summed E-state index contributed by atoms with van der Waals surface area (Å²) in [6.07, 6.45) is 0.615. The molecule has 2 fully saturated rings. The minimum atomic E-state index is -1.19. The third-order valence-electron chi connectivity index (χ3n) is 6.07. The molecule has 166 valence electrons. The Balaban J connectivity index is 1.50. The molecule has 1 N–H and O–H groups in total. The maximum Gasteiger partial charge on any atom is 0.335 e. The van der Waals surface area contributed by atoms with Crippen LogP contribution < -0.4 is 10.2 Å². The van der Waals surface area contributed by atoms with Gasteiger partial charge in [-0.05, 0) is 18.1 Å². The largest absolute Gasteiger partial charge is 0.462 e. The number of carbonyl (C=O) groups is 1. The molecule has 0 amide bonds. The molecular formula is C25H27N3O4. The highest BCUT2D eigenvalue weighted by Crippen LogP contribution is 2.35. The fourth-order valence-corrected chi connectivity index (χ4v) is 4.24. The number of anilines is 1. The van der Waals surface area contributed by atoms with Gasteiger partial charge in [-0.15, -0.1) is 0 Å². The van der Waals surface area contributed by atoms with Gasteiger partial charge in [0.2, 0.25) is 11.8 Å². The number of carbonyl (C=O) groups excluding carboxylic acids is 1.